The van der Waals surface area contributed by atoms with Crippen molar-refractivity contribution < 1.29 is 0 Å². The zero-order valence-corrected chi connectivity index (χ0v) is 10.4. The summed E-state index contributed by atoms with van der Waals surface area (Å²) in [6, 6.07) is 0. The van der Waals surface area contributed by atoms with Crippen LogP contribution in [0.5, 0.6) is 0 Å². The first-order valence-corrected chi connectivity index (χ1v) is 5.91. The molecule has 0 aliphatic heterocycles. The maximum Gasteiger partial charge on any atom is 0.316 e. The van der Waals surface area contributed by atoms with Crippen LogP contribution in [0.2, 0.25) is 0 Å². The van der Waals surface area contributed by atoms with Crippen molar-refractivity contribution in [2.24, 2.45) is 13.0 Å². The van der Waals surface area contributed by atoms with E-state index < -0.39 is 11.1 Å². The monoisotopic (exact) mass is 244 g/mol. The van der Waals surface area contributed by atoms with Gasteiger partial charge in [0, 0.05) is 31.9 Å². The van der Waals surface area contributed by atoms with Crippen molar-refractivity contribution in [3.63, 3.8) is 0 Å². The quantitative estimate of drug-likeness (QED) is 0.577. The van der Waals surface area contributed by atoms with Crippen LogP contribution in [0.3, 0.4) is 0 Å². The van der Waals surface area contributed by atoms with Gasteiger partial charge >= 0.3 is 11.1 Å². The molecule has 0 N–H and O–H groups in total. The van der Waals surface area contributed by atoms with Crippen LogP contribution in [0.4, 0.5) is 0 Å². The Hall–Kier alpha value is -1.03. The molecule has 5 heteroatoms. The van der Waals surface area contributed by atoms with Gasteiger partial charge in [-0.1, -0.05) is 6.92 Å². The molecule has 0 radical (unpaired) electrons. The minimum Gasteiger partial charge on any atom is -0.312 e. The molecule has 4 nitrogen and oxygen atoms in total. The van der Waals surface area contributed by atoms with Gasteiger partial charge in [0.1, 0.15) is 0 Å². The second-order valence-electron chi connectivity index (χ2n) is 4.08. The summed E-state index contributed by atoms with van der Waals surface area (Å²) < 4.78 is 2.76. The van der Waals surface area contributed by atoms with Gasteiger partial charge in [-0.05, 0) is 18.8 Å². The number of aromatic nitrogens is 2. The lowest BCUT2D eigenvalue weighted by Crippen LogP contribution is -2.39. The van der Waals surface area contributed by atoms with E-state index in [9.17, 15) is 9.59 Å². The molecule has 0 spiro atoms. The van der Waals surface area contributed by atoms with Crippen molar-refractivity contribution >= 4 is 11.6 Å². The fourth-order valence-corrected chi connectivity index (χ4v) is 1.83. The first-order valence-electron chi connectivity index (χ1n) is 5.38. The van der Waals surface area contributed by atoms with E-state index in [0.717, 1.165) is 12.8 Å². The van der Waals surface area contributed by atoms with Crippen molar-refractivity contribution in [2.45, 2.75) is 26.3 Å². The highest BCUT2D eigenvalue weighted by atomic mass is 35.5. The SMILES string of the molecule is CC(CCCl)CCn1ccn(C)c(=O)c1=O. The summed E-state index contributed by atoms with van der Waals surface area (Å²) in [7, 11) is 1.57. The Bertz CT molecular complexity index is 450. The van der Waals surface area contributed by atoms with E-state index in [0.29, 0.717) is 18.3 Å². The molecule has 0 bridgehead atoms. The van der Waals surface area contributed by atoms with E-state index in [1.807, 2.05) is 0 Å². The highest BCUT2D eigenvalue weighted by molar-refractivity contribution is 6.17. The molecule has 0 aliphatic carbocycles. The molecule has 90 valence electrons. The first kappa shape index (κ1) is 13.0. The molecule has 0 aromatic carbocycles. The van der Waals surface area contributed by atoms with Crippen LogP contribution in [0.15, 0.2) is 22.0 Å². The molecule has 1 heterocycles. The molecule has 0 amide bonds. The molecule has 0 fully saturated rings. The third kappa shape index (κ3) is 3.23. The predicted molar refractivity (Wildman–Crippen MR) is 65.1 cm³/mol. The summed E-state index contributed by atoms with van der Waals surface area (Å²) in [4.78, 5) is 22.9. The summed E-state index contributed by atoms with van der Waals surface area (Å²) in [5.41, 5.74) is -0.935. The largest absolute Gasteiger partial charge is 0.316 e. The normalized spacial score (nSPS) is 12.7. The number of halogens is 1. The standard InChI is InChI=1S/C11H17ClN2O2/c1-9(3-5-12)4-6-14-8-7-13(2)10(15)11(14)16/h7-9H,3-6H2,1-2H3. The molecular formula is C11H17ClN2O2. The van der Waals surface area contributed by atoms with Gasteiger partial charge in [0.2, 0.25) is 0 Å². The number of nitrogens with zero attached hydrogens (tertiary/aromatic N) is 2. The summed E-state index contributed by atoms with van der Waals surface area (Å²) in [6.07, 6.45) is 5.05. The number of hydrogen-bond acceptors (Lipinski definition) is 2. The highest BCUT2D eigenvalue weighted by Crippen LogP contribution is 2.08. The van der Waals surface area contributed by atoms with Crippen LogP contribution in [0.25, 0.3) is 0 Å². The van der Waals surface area contributed by atoms with Gasteiger partial charge < -0.3 is 9.13 Å². The van der Waals surface area contributed by atoms with E-state index in [1.165, 1.54) is 9.13 Å². The third-order valence-corrected chi connectivity index (χ3v) is 2.92. The number of alkyl halides is 1. The number of aryl methyl sites for hydroxylation is 2. The van der Waals surface area contributed by atoms with E-state index in [4.69, 9.17) is 11.6 Å². The lowest BCUT2D eigenvalue weighted by atomic mass is 10.1. The first-order chi connectivity index (χ1) is 7.56. The smallest absolute Gasteiger partial charge is 0.312 e. The fourth-order valence-electron chi connectivity index (χ4n) is 1.46. The Labute approximate surface area is 99.5 Å². The molecule has 1 aromatic heterocycles. The van der Waals surface area contributed by atoms with Crippen molar-refractivity contribution in [1.29, 1.82) is 0 Å². The molecule has 1 unspecified atom stereocenters. The molecule has 1 rings (SSSR count). The van der Waals surface area contributed by atoms with Gasteiger partial charge in [-0.3, -0.25) is 9.59 Å². The van der Waals surface area contributed by atoms with E-state index in [2.05, 4.69) is 6.92 Å². The Morgan fingerprint density at radius 3 is 2.56 bits per heavy atom. The average Bonchev–Trinajstić information content (AvgIpc) is 2.25. The van der Waals surface area contributed by atoms with E-state index >= 15 is 0 Å². The number of rotatable bonds is 5. The van der Waals surface area contributed by atoms with Gasteiger partial charge in [0.05, 0.1) is 0 Å². The Balaban J connectivity index is 2.72. The minimum atomic E-state index is -0.479. The molecule has 1 aromatic rings. The Morgan fingerprint density at radius 2 is 1.94 bits per heavy atom. The lowest BCUT2D eigenvalue weighted by Gasteiger charge is -2.10. The van der Waals surface area contributed by atoms with E-state index in [1.54, 1.807) is 19.4 Å². The molecule has 0 saturated heterocycles. The number of hydrogen-bond donors (Lipinski definition) is 0. The van der Waals surface area contributed by atoms with Gasteiger partial charge in [-0.15, -0.1) is 11.6 Å². The van der Waals surface area contributed by atoms with Crippen LogP contribution in [0.1, 0.15) is 19.8 Å². The maximum atomic E-state index is 11.6. The summed E-state index contributed by atoms with van der Waals surface area (Å²) in [5, 5.41) is 0. The zero-order valence-electron chi connectivity index (χ0n) is 9.65. The van der Waals surface area contributed by atoms with Crippen LogP contribution in [-0.4, -0.2) is 15.0 Å². The van der Waals surface area contributed by atoms with Crippen molar-refractivity contribution in [3.05, 3.63) is 33.1 Å². The van der Waals surface area contributed by atoms with Crippen LogP contribution < -0.4 is 11.1 Å². The predicted octanol–water partition coefficient (Wildman–Crippen LogP) is 1.20. The van der Waals surface area contributed by atoms with Crippen molar-refractivity contribution in [1.82, 2.24) is 9.13 Å². The molecule has 0 saturated carbocycles. The summed E-state index contributed by atoms with van der Waals surface area (Å²) in [6.45, 7) is 2.67. The van der Waals surface area contributed by atoms with E-state index in [-0.39, 0.29) is 0 Å². The molecule has 1 atom stereocenters. The molecule has 0 aliphatic rings. The zero-order chi connectivity index (χ0) is 12.1. The van der Waals surface area contributed by atoms with Crippen LogP contribution >= 0.6 is 11.6 Å². The highest BCUT2D eigenvalue weighted by Gasteiger charge is 2.05. The second-order valence-corrected chi connectivity index (χ2v) is 4.46. The van der Waals surface area contributed by atoms with Crippen LogP contribution in [-0.2, 0) is 13.6 Å². The van der Waals surface area contributed by atoms with Gasteiger partial charge in [0.15, 0.2) is 0 Å². The van der Waals surface area contributed by atoms with Crippen LogP contribution in [0, 0.1) is 5.92 Å². The van der Waals surface area contributed by atoms with Crippen molar-refractivity contribution in [3.8, 4) is 0 Å². The second kappa shape index (κ2) is 5.89. The summed E-state index contributed by atoms with van der Waals surface area (Å²) >= 11 is 5.63. The average molecular weight is 245 g/mol. The summed E-state index contributed by atoms with van der Waals surface area (Å²) in [5.74, 6) is 1.10. The van der Waals surface area contributed by atoms with Crippen molar-refractivity contribution in [2.75, 3.05) is 5.88 Å². The van der Waals surface area contributed by atoms with Gasteiger partial charge in [-0.2, -0.15) is 0 Å². The Kier molecular flexibility index (Phi) is 4.80. The third-order valence-electron chi connectivity index (χ3n) is 2.70. The minimum absolute atomic E-state index is 0.455. The fraction of sp³-hybridized carbons (Fsp3) is 0.636. The molecule has 16 heavy (non-hydrogen) atoms. The Morgan fingerprint density at radius 1 is 1.25 bits per heavy atom. The lowest BCUT2D eigenvalue weighted by molar-refractivity contribution is 0.461. The van der Waals surface area contributed by atoms with Gasteiger partial charge in [0.25, 0.3) is 0 Å². The van der Waals surface area contributed by atoms with Gasteiger partial charge in [-0.25, -0.2) is 0 Å². The molecular weight excluding hydrogens is 228 g/mol. The topological polar surface area (TPSA) is 44.0 Å². The maximum absolute atomic E-state index is 11.6.